The van der Waals surface area contributed by atoms with E-state index >= 15 is 0 Å². The summed E-state index contributed by atoms with van der Waals surface area (Å²) in [5.41, 5.74) is 0.445. The largest absolute Gasteiger partial charge is 0.462 e. The first kappa shape index (κ1) is 24.6. The topological polar surface area (TPSA) is 107 Å². The van der Waals surface area contributed by atoms with Crippen LogP contribution < -0.4 is 15.1 Å². The zero-order valence-electron chi connectivity index (χ0n) is 20.3. The van der Waals surface area contributed by atoms with Gasteiger partial charge in [0.15, 0.2) is 0 Å². The van der Waals surface area contributed by atoms with E-state index in [2.05, 4.69) is 35.0 Å². The Bertz CT molecular complexity index is 943. The molecule has 2 aromatic heterocycles. The second kappa shape index (κ2) is 12.3. The van der Waals surface area contributed by atoms with Crippen molar-refractivity contribution in [2.75, 3.05) is 81.9 Å². The number of urea groups is 1. The minimum absolute atomic E-state index is 0.0127. The number of rotatable bonds is 8. The first-order chi connectivity index (χ1) is 17.1. The number of carbonyl (C=O) groups excluding carboxylic acids is 2. The molecule has 4 heterocycles. The fourth-order valence-electron chi connectivity index (χ4n) is 4.28. The predicted molar refractivity (Wildman–Crippen MR) is 133 cm³/mol. The van der Waals surface area contributed by atoms with E-state index < -0.39 is 0 Å². The minimum Gasteiger partial charge on any atom is -0.462 e. The molecule has 2 amide bonds. The van der Waals surface area contributed by atoms with Gasteiger partial charge in [-0.15, -0.1) is 0 Å². The van der Waals surface area contributed by atoms with E-state index in [9.17, 15) is 9.59 Å². The average Bonchev–Trinajstić information content (AvgIpc) is 2.92. The third kappa shape index (κ3) is 6.78. The van der Waals surface area contributed by atoms with E-state index in [0.717, 1.165) is 50.9 Å². The number of anilines is 2. The zero-order chi connectivity index (χ0) is 24.5. The van der Waals surface area contributed by atoms with Gasteiger partial charge in [-0.1, -0.05) is 0 Å². The van der Waals surface area contributed by atoms with Gasteiger partial charge in [-0.05, 0) is 38.1 Å². The molecule has 2 fully saturated rings. The van der Waals surface area contributed by atoms with Gasteiger partial charge in [-0.25, -0.2) is 24.5 Å². The fraction of sp³-hybridized carbons (Fsp3) is 0.542. The number of nitrogens with one attached hydrogen (secondary N) is 1. The molecular weight excluding hydrogens is 448 g/mol. The van der Waals surface area contributed by atoms with Gasteiger partial charge in [0.05, 0.1) is 12.2 Å². The molecule has 0 radical (unpaired) electrons. The number of amides is 2. The monoisotopic (exact) mass is 482 g/mol. The molecule has 2 aliphatic heterocycles. The maximum Gasteiger partial charge on any atom is 0.339 e. The van der Waals surface area contributed by atoms with Crippen LogP contribution in [0, 0.1) is 0 Å². The number of esters is 1. The molecule has 0 atom stereocenters. The van der Waals surface area contributed by atoms with Crippen LogP contribution >= 0.6 is 0 Å². The summed E-state index contributed by atoms with van der Waals surface area (Å²) in [6, 6.07) is 5.38. The van der Waals surface area contributed by atoms with Crippen LogP contribution in [0.2, 0.25) is 0 Å². The normalized spacial score (nSPS) is 16.8. The molecule has 2 saturated heterocycles. The number of nitrogens with zero attached hydrogens (tertiary/aromatic N) is 7. The molecule has 35 heavy (non-hydrogen) atoms. The lowest BCUT2D eigenvalue weighted by atomic mass is 10.2. The first-order valence-electron chi connectivity index (χ1n) is 12.3. The lowest BCUT2D eigenvalue weighted by molar-refractivity contribution is 0.0526. The maximum absolute atomic E-state index is 12.6. The summed E-state index contributed by atoms with van der Waals surface area (Å²) in [4.78, 5) is 46.0. The minimum atomic E-state index is -0.364. The number of piperazine rings is 2. The molecule has 0 bridgehead atoms. The van der Waals surface area contributed by atoms with Crippen molar-refractivity contribution in [1.82, 2.24) is 30.1 Å². The summed E-state index contributed by atoms with van der Waals surface area (Å²) in [7, 11) is 0. The highest BCUT2D eigenvalue weighted by molar-refractivity contribution is 5.89. The second-order valence-electron chi connectivity index (χ2n) is 8.56. The van der Waals surface area contributed by atoms with Gasteiger partial charge in [0, 0.05) is 77.5 Å². The zero-order valence-corrected chi connectivity index (χ0v) is 20.3. The van der Waals surface area contributed by atoms with Gasteiger partial charge in [-0.2, -0.15) is 0 Å². The molecule has 188 valence electrons. The predicted octanol–water partition coefficient (Wildman–Crippen LogP) is 1.09. The van der Waals surface area contributed by atoms with Crippen molar-refractivity contribution in [3.63, 3.8) is 0 Å². The Morgan fingerprint density at radius 1 is 0.943 bits per heavy atom. The van der Waals surface area contributed by atoms with Crippen LogP contribution in [0.5, 0.6) is 0 Å². The van der Waals surface area contributed by atoms with Crippen molar-refractivity contribution in [3.05, 3.63) is 42.4 Å². The third-order valence-corrected chi connectivity index (χ3v) is 6.28. The summed E-state index contributed by atoms with van der Waals surface area (Å²) >= 11 is 0. The SMILES string of the molecule is CCOC(=O)c1ccc(N2CCN(C(=O)NCCCN3CCN(c4ncccn4)CC3)CC2)nc1. The van der Waals surface area contributed by atoms with E-state index in [1.54, 1.807) is 31.6 Å². The number of hydrogen-bond acceptors (Lipinski definition) is 9. The summed E-state index contributed by atoms with van der Waals surface area (Å²) in [5, 5.41) is 3.06. The van der Waals surface area contributed by atoms with Crippen molar-refractivity contribution >= 4 is 23.8 Å². The van der Waals surface area contributed by atoms with E-state index in [-0.39, 0.29) is 12.0 Å². The highest BCUT2D eigenvalue weighted by Crippen LogP contribution is 2.15. The lowest BCUT2D eigenvalue weighted by Gasteiger charge is -2.35. The summed E-state index contributed by atoms with van der Waals surface area (Å²) in [6.45, 7) is 10.2. The Kier molecular flexibility index (Phi) is 8.66. The number of aromatic nitrogens is 3. The van der Waals surface area contributed by atoms with Gasteiger partial charge in [0.2, 0.25) is 5.95 Å². The van der Waals surface area contributed by atoms with Crippen molar-refractivity contribution < 1.29 is 14.3 Å². The highest BCUT2D eigenvalue weighted by atomic mass is 16.5. The van der Waals surface area contributed by atoms with E-state index in [4.69, 9.17) is 4.74 Å². The maximum atomic E-state index is 12.6. The molecule has 0 saturated carbocycles. The average molecular weight is 483 g/mol. The molecule has 2 aromatic rings. The van der Waals surface area contributed by atoms with E-state index in [0.29, 0.717) is 44.9 Å². The van der Waals surface area contributed by atoms with E-state index in [1.807, 2.05) is 17.0 Å². The number of carbonyl (C=O) groups is 2. The molecule has 0 spiro atoms. The second-order valence-corrected chi connectivity index (χ2v) is 8.56. The molecule has 0 unspecified atom stereocenters. The third-order valence-electron chi connectivity index (χ3n) is 6.28. The quantitative estimate of drug-likeness (QED) is 0.437. The summed E-state index contributed by atoms with van der Waals surface area (Å²) in [5.74, 6) is 1.23. The highest BCUT2D eigenvalue weighted by Gasteiger charge is 2.22. The van der Waals surface area contributed by atoms with Gasteiger partial charge in [0.1, 0.15) is 5.82 Å². The summed E-state index contributed by atoms with van der Waals surface area (Å²) < 4.78 is 5.00. The lowest BCUT2D eigenvalue weighted by Crippen LogP contribution is -2.52. The van der Waals surface area contributed by atoms with Crippen LogP contribution in [-0.4, -0.2) is 109 Å². The Balaban J connectivity index is 1.11. The van der Waals surface area contributed by atoms with Gasteiger partial charge in [-0.3, -0.25) is 4.90 Å². The van der Waals surface area contributed by atoms with Crippen LogP contribution in [-0.2, 0) is 4.74 Å². The Hall–Kier alpha value is -3.47. The molecule has 11 heteroatoms. The molecule has 1 N–H and O–H groups in total. The van der Waals surface area contributed by atoms with Crippen molar-refractivity contribution in [2.24, 2.45) is 0 Å². The van der Waals surface area contributed by atoms with Crippen LogP contribution in [0.3, 0.4) is 0 Å². The number of hydrogen-bond donors (Lipinski definition) is 1. The van der Waals surface area contributed by atoms with Crippen molar-refractivity contribution in [1.29, 1.82) is 0 Å². The Morgan fingerprint density at radius 3 is 2.31 bits per heavy atom. The van der Waals surface area contributed by atoms with Crippen LogP contribution in [0.15, 0.2) is 36.8 Å². The molecule has 4 rings (SSSR count). The number of ether oxygens (including phenoxy) is 1. The smallest absolute Gasteiger partial charge is 0.339 e. The summed E-state index contributed by atoms with van der Waals surface area (Å²) in [6.07, 6.45) is 6.02. The molecule has 0 aromatic carbocycles. The van der Waals surface area contributed by atoms with Gasteiger partial charge in [0.25, 0.3) is 0 Å². The van der Waals surface area contributed by atoms with E-state index in [1.165, 1.54) is 0 Å². The van der Waals surface area contributed by atoms with Crippen molar-refractivity contribution in [2.45, 2.75) is 13.3 Å². The van der Waals surface area contributed by atoms with Crippen LogP contribution in [0.25, 0.3) is 0 Å². The Morgan fingerprint density at radius 2 is 1.66 bits per heavy atom. The fourth-order valence-corrected chi connectivity index (χ4v) is 4.28. The molecule has 0 aliphatic carbocycles. The standard InChI is InChI=1S/C24H34N8O3/c1-2-35-22(33)20-5-6-21(28-19-20)30-15-17-32(18-16-30)24(34)27-9-4-10-29-11-13-31(14-12-29)23-25-7-3-8-26-23/h3,5-8,19H,2,4,9-18H2,1H3,(H,27,34). The first-order valence-corrected chi connectivity index (χ1v) is 12.3. The molecule has 2 aliphatic rings. The van der Waals surface area contributed by atoms with Gasteiger partial charge >= 0.3 is 12.0 Å². The van der Waals surface area contributed by atoms with Crippen LogP contribution in [0.1, 0.15) is 23.7 Å². The van der Waals surface area contributed by atoms with Crippen molar-refractivity contribution in [3.8, 4) is 0 Å². The number of pyridine rings is 1. The van der Waals surface area contributed by atoms with Crippen LogP contribution in [0.4, 0.5) is 16.6 Å². The molecule has 11 nitrogen and oxygen atoms in total. The van der Waals surface area contributed by atoms with Gasteiger partial charge < -0.3 is 24.8 Å². The Labute approximate surface area is 206 Å². The molecular formula is C24H34N8O3.